The number of nitrogens with one attached hydrogen (secondary N) is 1. The van der Waals surface area contributed by atoms with E-state index in [0.717, 1.165) is 18.9 Å². The smallest absolute Gasteiger partial charge is 0.0352 e. The summed E-state index contributed by atoms with van der Waals surface area (Å²) in [5.41, 5.74) is 2.92. The number of rotatable bonds is 6. The molecule has 112 valence electrons. The molecule has 1 fully saturated rings. The van der Waals surface area contributed by atoms with E-state index in [1.54, 1.807) is 0 Å². The van der Waals surface area contributed by atoms with E-state index in [-0.39, 0.29) is 0 Å². The molecule has 1 aliphatic rings. The van der Waals surface area contributed by atoms with E-state index in [2.05, 4.69) is 36.4 Å². The van der Waals surface area contributed by atoms with Gasteiger partial charge in [0.15, 0.2) is 0 Å². The van der Waals surface area contributed by atoms with Gasteiger partial charge in [-0.05, 0) is 55.3 Å². The highest BCUT2D eigenvalue weighted by Crippen LogP contribution is 2.34. The zero-order valence-electron chi connectivity index (χ0n) is 13.2. The number of hydrogen-bond donors (Lipinski definition) is 1. The van der Waals surface area contributed by atoms with E-state index in [0.29, 0.717) is 6.04 Å². The Morgan fingerprint density at radius 1 is 1.20 bits per heavy atom. The molecule has 20 heavy (non-hydrogen) atoms. The van der Waals surface area contributed by atoms with Crippen molar-refractivity contribution >= 4 is 0 Å². The summed E-state index contributed by atoms with van der Waals surface area (Å²) in [5.74, 6) is 0.803. The molecule has 1 saturated carbocycles. The lowest BCUT2D eigenvalue weighted by atomic mass is 9.85. The lowest BCUT2D eigenvalue weighted by molar-refractivity contribution is 0.324. The predicted molar refractivity (Wildman–Crippen MR) is 85.8 cm³/mol. The van der Waals surface area contributed by atoms with E-state index < -0.39 is 0 Å². The first-order valence-electron chi connectivity index (χ1n) is 8.53. The maximum absolute atomic E-state index is 4.31. The molecule has 2 nitrogen and oxygen atoms in total. The number of hydrogen-bond acceptors (Lipinski definition) is 2. The van der Waals surface area contributed by atoms with Crippen molar-refractivity contribution in [2.24, 2.45) is 5.92 Å². The molecule has 2 rings (SSSR count). The standard InChI is InChI=1S/C18H30N2/c1-3-12-20-18(16-9-7-5-6-8-10-16)17-11-13-19-14-15(17)4-2/h11,13-14,16,18,20H,3-10,12H2,1-2H3. The summed E-state index contributed by atoms with van der Waals surface area (Å²) in [7, 11) is 0. The van der Waals surface area contributed by atoms with Crippen molar-refractivity contribution in [1.82, 2.24) is 10.3 Å². The Balaban J connectivity index is 2.20. The summed E-state index contributed by atoms with van der Waals surface area (Å²) in [6, 6.07) is 2.78. The second-order valence-corrected chi connectivity index (χ2v) is 6.11. The zero-order chi connectivity index (χ0) is 14.2. The third kappa shape index (κ3) is 4.05. The number of pyridine rings is 1. The molecule has 0 spiro atoms. The van der Waals surface area contributed by atoms with Crippen molar-refractivity contribution < 1.29 is 0 Å². The molecule has 1 unspecified atom stereocenters. The van der Waals surface area contributed by atoms with Crippen LogP contribution in [0.4, 0.5) is 0 Å². The number of aromatic nitrogens is 1. The molecule has 2 heteroatoms. The molecule has 0 aromatic carbocycles. The Bertz CT molecular complexity index is 381. The van der Waals surface area contributed by atoms with Crippen LogP contribution in [0.3, 0.4) is 0 Å². The quantitative estimate of drug-likeness (QED) is 0.763. The van der Waals surface area contributed by atoms with Crippen molar-refractivity contribution in [2.45, 2.75) is 71.3 Å². The predicted octanol–water partition coefficient (Wildman–Crippen LogP) is 4.66. The molecule has 1 N–H and O–H groups in total. The van der Waals surface area contributed by atoms with Gasteiger partial charge in [0.25, 0.3) is 0 Å². The van der Waals surface area contributed by atoms with E-state index >= 15 is 0 Å². The second-order valence-electron chi connectivity index (χ2n) is 6.11. The second kappa shape index (κ2) is 8.41. The zero-order valence-corrected chi connectivity index (χ0v) is 13.2. The molecule has 0 saturated heterocycles. The average molecular weight is 274 g/mol. The van der Waals surface area contributed by atoms with Gasteiger partial charge in [-0.3, -0.25) is 4.98 Å². The molecule has 1 aromatic heterocycles. The van der Waals surface area contributed by atoms with Gasteiger partial charge in [0.05, 0.1) is 0 Å². The van der Waals surface area contributed by atoms with Crippen molar-refractivity contribution in [2.75, 3.05) is 6.54 Å². The van der Waals surface area contributed by atoms with Crippen LogP contribution >= 0.6 is 0 Å². The lowest BCUT2D eigenvalue weighted by Gasteiger charge is -2.29. The fraction of sp³-hybridized carbons (Fsp3) is 0.722. The van der Waals surface area contributed by atoms with E-state index in [9.17, 15) is 0 Å². The Hall–Kier alpha value is -0.890. The first-order valence-corrected chi connectivity index (χ1v) is 8.53. The van der Waals surface area contributed by atoms with Gasteiger partial charge >= 0.3 is 0 Å². The van der Waals surface area contributed by atoms with Crippen LogP contribution in [-0.2, 0) is 6.42 Å². The van der Waals surface area contributed by atoms with Crippen LogP contribution < -0.4 is 5.32 Å². The van der Waals surface area contributed by atoms with E-state index in [1.165, 1.54) is 56.1 Å². The number of aryl methyl sites for hydroxylation is 1. The van der Waals surface area contributed by atoms with Gasteiger partial charge < -0.3 is 5.32 Å². The monoisotopic (exact) mass is 274 g/mol. The summed E-state index contributed by atoms with van der Waals surface area (Å²) >= 11 is 0. The highest BCUT2D eigenvalue weighted by atomic mass is 14.9. The van der Waals surface area contributed by atoms with Crippen LogP contribution in [0.25, 0.3) is 0 Å². The van der Waals surface area contributed by atoms with Crippen molar-refractivity contribution in [3.8, 4) is 0 Å². The lowest BCUT2D eigenvalue weighted by Crippen LogP contribution is -2.30. The molecular weight excluding hydrogens is 244 g/mol. The molecule has 0 amide bonds. The molecule has 0 bridgehead atoms. The summed E-state index contributed by atoms with van der Waals surface area (Å²) < 4.78 is 0. The highest BCUT2D eigenvalue weighted by Gasteiger charge is 2.25. The first-order chi connectivity index (χ1) is 9.86. The van der Waals surface area contributed by atoms with Crippen molar-refractivity contribution in [3.05, 3.63) is 29.6 Å². The normalized spacial score (nSPS) is 18.7. The third-order valence-electron chi connectivity index (χ3n) is 4.64. The van der Waals surface area contributed by atoms with Gasteiger partial charge in [0, 0.05) is 18.4 Å². The molecule has 1 atom stereocenters. The minimum Gasteiger partial charge on any atom is -0.310 e. The van der Waals surface area contributed by atoms with Crippen LogP contribution in [-0.4, -0.2) is 11.5 Å². The molecule has 0 aliphatic heterocycles. The fourth-order valence-corrected chi connectivity index (χ4v) is 3.51. The van der Waals surface area contributed by atoms with Crippen LogP contribution in [0.15, 0.2) is 18.5 Å². The van der Waals surface area contributed by atoms with Crippen molar-refractivity contribution in [1.29, 1.82) is 0 Å². The van der Waals surface area contributed by atoms with Gasteiger partial charge in [-0.2, -0.15) is 0 Å². The number of nitrogens with zero attached hydrogens (tertiary/aromatic N) is 1. The minimum atomic E-state index is 0.533. The van der Waals surface area contributed by atoms with Crippen LogP contribution in [0.5, 0.6) is 0 Å². The SMILES string of the molecule is CCCNC(c1ccncc1CC)C1CCCCCC1. The minimum absolute atomic E-state index is 0.533. The van der Waals surface area contributed by atoms with Gasteiger partial charge in [0.1, 0.15) is 0 Å². The van der Waals surface area contributed by atoms with Gasteiger partial charge in [-0.25, -0.2) is 0 Å². The first kappa shape index (κ1) is 15.5. The van der Waals surface area contributed by atoms with Gasteiger partial charge in [-0.1, -0.05) is 39.5 Å². The van der Waals surface area contributed by atoms with Crippen LogP contribution in [0, 0.1) is 5.92 Å². The average Bonchev–Trinajstić information content (AvgIpc) is 2.77. The third-order valence-corrected chi connectivity index (χ3v) is 4.64. The fourth-order valence-electron chi connectivity index (χ4n) is 3.51. The maximum Gasteiger partial charge on any atom is 0.0352 e. The summed E-state index contributed by atoms with van der Waals surface area (Å²) in [6.07, 6.45) is 14.7. The Morgan fingerprint density at radius 2 is 1.95 bits per heavy atom. The van der Waals surface area contributed by atoms with E-state index in [1.807, 2.05) is 6.20 Å². The van der Waals surface area contributed by atoms with Gasteiger partial charge in [0.2, 0.25) is 0 Å². The summed E-state index contributed by atoms with van der Waals surface area (Å²) in [6.45, 7) is 5.61. The Morgan fingerprint density at radius 3 is 2.60 bits per heavy atom. The van der Waals surface area contributed by atoms with Gasteiger partial charge in [-0.15, -0.1) is 0 Å². The Kier molecular flexibility index (Phi) is 6.52. The van der Waals surface area contributed by atoms with E-state index in [4.69, 9.17) is 0 Å². The Labute approximate surface area is 124 Å². The molecule has 1 aliphatic carbocycles. The maximum atomic E-state index is 4.31. The topological polar surface area (TPSA) is 24.9 Å². The molecule has 1 aromatic rings. The van der Waals surface area contributed by atoms with Crippen molar-refractivity contribution in [3.63, 3.8) is 0 Å². The van der Waals surface area contributed by atoms with Crippen LogP contribution in [0.2, 0.25) is 0 Å². The largest absolute Gasteiger partial charge is 0.310 e. The summed E-state index contributed by atoms with van der Waals surface area (Å²) in [4.78, 5) is 4.31. The molecular formula is C18H30N2. The highest BCUT2D eigenvalue weighted by molar-refractivity contribution is 5.27. The molecule has 0 radical (unpaired) electrons. The van der Waals surface area contributed by atoms with Crippen LogP contribution in [0.1, 0.15) is 76.0 Å². The molecule has 1 heterocycles. The summed E-state index contributed by atoms with van der Waals surface area (Å²) in [5, 5.41) is 3.83.